The number of nitrogens with one attached hydrogen (secondary N) is 2. The van der Waals surface area contributed by atoms with E-state index >= 15 is 0 Å². The molecule has 2 N–H and O–H groups in total. The van der Waals surface area contributed by atoms with E-state index in [0.717, 1.165) is 24.3 Å². The molecule has 0 heterocycles. The van der Waals surface area contributed by atoms with Crippen molar-refractivity contribution in [1.82, 2.24) is 4.72 Å². The molecule has 6 nitrogen and oxygen atoms in total. The van der Waals surface area contributed by atoms with Crippen LogP contribution in [0.25, 0.3) is 0 Å². The minimum absolute atomic E-state index is 0.118. The van der Waals surface area contributed by atoms with Crippen LogP contribution in [0.4, 0.5) is 10.1 Å². The van der Waals surface area contributed by atoms with Crippen LogP contribution in [-0.4, -0.2) is 27.5 Å². The van der Waals surface area contributed by atoms with Crippen molar-refractivity contribution in [3.8, 4) is 5.75 Å². The predicted octanol–water partition coefficient (Wildman–Crippen LogP) is 2.14. The molecular formula is C16H17FN2O4S. The molecule has 8 heteroatoms. The van der Waals surface area contributed by atoms with Gasteiger partial charge >= 0.3 is 0 Å². The van der Waals surface area contributed by atoms with Crippen LogP contribution in [0.15, 0.2) is 53.4 Å². The molecule has 2 aromatic rings. The Labute approximate surface area is 139 Å². The van der Waals surface area contributed by atoms with Crippen molar-refractivity contribution < 1.29 is 22.3 Å². The zero-order chi connectivity index (χ0) is 17.7. The first kappa shape index (κ1) is 17.9. The number of sulfonamides is 1. The largest absolute Gasteiger partial charge is 0.497 e. The van der Waals surface area contributed by atoms with E-state index in [1.54, 1.807) is 24.3 Å². The lowest BCUT2D eigenvalue weighted by atomic mass is 10.2. The van der Waals surface area contributed by atoms with Crippen LogP contribution in [0.1, 0.15) is 6.92 Å². The first-order valence-electron chi connectivity index (χ1n) is 7.04. The quantitative estimate of drug-likeness (QED) is 0.834. The van der Waals surface area contributed by atoms with Crippen LogP contribution in [0.5, 0.6) is 5.75 Å². The van der Waals surface area contributed by atoms with Gasteiger partial charge < -0.3 is 10.1 Å². The number of halogens is 1. The van der Waals surface area contributed by atoms with Gasteiger partial charge in [0.15, 0.2) is 0 Å². The summed E-state index contributed by atoms with van der Waals surface area (Å²) in [6, 6.07) is 9.94. The first-order valence-corrected chi connectivity index (χ1v) is 8.53. The van der Waals surface area contributed by atoms with Crippen LogP contribution >= 0.6 is 0 Å². The summed E-state index contributed by atoms with van der Waals surface area (Å²) in [6.07, 6.45) is 0. The maximum Gasteiger partial charge on any atom is 0.242 e. The van der Waals surface area contributed by atoms with E-state index in [4.69, 9.17) is 4.74 Å². The summed E-state index contributed by atoms with van der Waals surface area (Å²) in [5, 5.41) is 2.59. The minimum Gasteiger partial charge on any atom is -0.497 e. The van der Waals surface area contributed by atoms with Gasteiger partial charge in [-0.2, -0.15) is 4.72 Å². The number of benzene rings is 2. The third kappa shape index (κ3) is 4.53. The Morgan fingerprint density at radius 3 is 2.21 bits per heavy atom. The molecule has 0 unspecified atom stereocenters. The maximum atomic E-state index is 12.9. The predicted molar refractivity (Wildman–Crippen MR) is 87.8 cm³/mol. The Bertz CT molecular complexity index is 805. The van der Waals surface area contributed by atoms with Crippen LogP contribution in [-0.2, 0) is 14.8 Å². The van der Waals surface area contributed by atoms with E-state index in [9.17, 15) is 17.6 Å². The fraction of sp³-hybridized carbons (Fsp3) is 0.188. The van der Waals surface area contributed by atoms with E-state index < -0.39 is 27.8 Å². The van der Waals surface area contributed by atoms with Crippen LogP contribution in [0, 0.1) is 5.82 Å². The van der Waals surface area contributed by atoms with E-state index in [1.807, 2.05) is 0 Å². The molecule has 0 radical (unpaired) electrons. The summed E-state index contributed by atoms with van der Waals surface area (Å²) in [5.41, 5.74) is 0.508. The summed E-state index contributed by atoms with van der Waals surface area (Å²) in [5.74, 6) is -0.428. The molecule has 0 aromatic heterocycles. The summed E-state index contributed by atoms with van der Waals surface area (Å²) < 4.78 is 44.5. The lowest BCUT2D eigenvalue weighted by Crippen LogP contribution is -2.41. The van der Waals surface area contributed by atoms with E-state index in [0.29, 0.717) is 11.4 Å². The zero-order valence-corrected chi connectivity index (χ0v) is 13.9. The van der Waals surface area contributed by atoms with Gasteiger partial charge in [0.05, 0.1) is 18.0 Å². The number of amides is 1. The van der Waals surface area contributed by atoms with Crippen molar-refractivity contribution in [2.45, 2.75) is 17.9 Å². The van der Waals surface area contributed by atoms with Crippen LogP contribution in [0.3, 0.4) is 0 Å². The van der Waals surface area contributed by atoms with Crippen molar-refractivity contribution in [3.63, 3.8) is 0 Å². The molecular weight excluding hydrogens is 335 g/mol. The Morgan fingerprint density at radius 1 is 1.08 bits per heavy atom. The molecule has 2 aromatic carbocycles. The van der Waals surface area contributed by atoms with Gasteiger partial charge in [-0.25, -0.2) is 12.8 Å². The number of ether oxygens (including phenoxy) is 1. The Balaban J connectivity index is 2.03. The number of carbonyl (C=O) groups excluding carboxylic acids is 1. The van der Waals surface area contributed by atoms with Gasteiger partial charge in [0.25, 0.3) is 0 Å². The number of carbonyl (C=O) groups is 1. The highest BCUT2D eigenvalue weighted by atomic mass is 32.2. The van der Waals surface area contributed by atoms with E-state index in [2.05, 4.69) is 10.0 Å². The second-order valence-electron chi connectivity index (χ2n) is 5.01. The molecule has 0 bridgehead atoms. The van der Waals surface area contributed by atoms with Crippen molar-refractivity contribution in [1.29, 1.82) is 0 Å². The van der Waals surface area contributed by atoms with Gasteiger partial charge in [-0.05, 0) is 55.5 Å². The molecule has 0 fully saturated rings. The molecule has 0 aliphatic heterocycles. The summed E-state index contributed by atoms with van der Waals surface area (Å²) >= 11 is 0. The van der Waals surface area contributed by atoms with E-state index in [-0.39, 0.29) is 4.90 Å². The van der Waals surface area contributed by atoms with Gasteiger partial charge in [-0.15, -0.1) is 0 Å². The molecule has 0 aliphatic rings. The zero-order valence-electron chi connectivity index (χ0n) is 13.1. The molecule has 0 saturated carbocycles. The Kier molecular flexibility index (Phi) is 5.53. The summed E-state index contributed by atoms with van der Waals surface area (Å²) in [6.45, 7) is 1.42. The molecule has 24 heavy (non-hydrogen) atoms. The normalized spacial score (nSPS) is 12.5. The lowest BCUT2D eigenvalue weighted by Gasteiger charge is -2.14. The highest BCUT2D eigenvalue weighted by Gasteiger charge is 2.22. The van der Waals surface area contributed by atoms with Crippen molar-refractivity contribution in [2.75, 3.05) is 12.4 Å². The third-order valence-electron chi connectivity index (χ3n) is 3.21. The van der Waals surface area contributed by atoms with Crippen LogP contribution < -0.4 is 14.8 Å². The number of anilines is 1. The average molecular weight is 352 g/mol. The molecule has 128 valence electrons. The van der Waals surface area contributed by atoms with Crippen LogP contribution in [0.2, 0.25) is 0 Å². The van der Waals surface area contributed by atoms with Crippen molar-refractivity contribution in [3.05, 3.63) is 54.3 Å². The van der Waals surface area contributed by atoms with Gasteiger partial charge in [-0.3, -0.25) is 4.79 Å². The SMILES string of the molecule is COc1ccc(NC(=O)[C@H](C)NS(=O)(=O)c2ccc(F)cc2)cc1. The molecule has 0 spiro atoms. The molecule has 0 aliphatic carbocycles. The lowest BCUT2D eigenvalue weighted by molar-refractivity contribution is -0.117. The highest BCUT2D eigenvalue weighted by molar-refractivity contribution is 7.89. The number of rotatable bonds is 6. The maximum absolute atomic E-state index is 12.9. The third-order valence-corrected chi connectivity index (χ3v) is 4.76. The van der Waals surface area contributed by atoms with Crippen molar-refractivity contribution >= 4 is 21.6 Å². The van der Waals surface area contributed by atoms with Crippen molar-refractivity contribution in [2.24, 2.45) is 0 Å². The van der Waals surface area contributed by atoms with Gasteiger partial charge in [-0.1, -0.05) is 0 Å². The second kappa shape index (κ2) is 7.41. The number of hydrogen-bond donors (Lipinski definition) is 2. The topological polar surface area (TPSA) is 84.5 Å². The minimum atomic E-state index is -3.92. The molecule has 0 saturated heterocycles. The smallest absolute Gasteiger partial charge is 0.242 e. The fourth-order valence-electron chi connectivity index (χ4n) is 1.89. The van der Waals surface area contributed by atoms with Gasteiger partial charge in [0, 0.05) is 5.69 Å². The molecule has 1 atom stereocenters. The summed E-state index contributed by atoms with van der Waals surface area (Å²) in [7, 11) is -2.39. The second-order valence-corrected chi connectivity index (χ2v) is 6.73. The van der Waals surface area contributed by atoms with E-state index in [1.165, 1.54) is 14.0 Å². The first-order chi connectivity index (χ1) is 11.3. The van der Waals surface area contributed by atoms with Gasteiger partial charge in [0.1, 0.15) is 11.6 Å². The summed E-state index contributed by atoms with van der Waals surface area (Å²) in [4.78, 5) is 12.0. The monoisotopic (exact) mass is 352 g/mol. The number of hydrogen-bond acceptors (Lipinski definition) is 4. The fourth-order valence-corrected chi connectivity index (χ4v) is 3.10. The molecule has 1 amide bonds. The standard InChI is InChI=1S/C16H17FN2O4S/c1-11(16(20)18-13-5-7-14(23-2)8-6-13)19-24(21,22)15-9-3-12(17)4-10-15/h3-11,19H,1-2H3,(H,18,20)/t11-/m0/s1. The molecule has 2 rings (SSSR count). The average Bonchev–Trinajstić information content (AvgIpc) is 2.55. The Hall–Kier alpha value is -2.45. The Morgan fingerprint density at radius 2 is 1.67 bits per heavy atom. The number of methoxy groups -OCH3 is 1. The van der Waals surface area contributed by atoms with Gasteiger partial charge in [0.2, 0.25) is 15.9 Å². The highest BCUT2D eigenvalue weighted by Crippen LogP contribution is 2.15.